The number of hydrogen-bond acceptors (Lipinski definition) is 3. The molecule has 1 unspecified atom stereocenters. The van der Waals surface area contributed by atoms with E-state index in [2.05, 4.69) is 32.7 Å². The Bertz CT molecular complexity index is 402. The van der Waals surface area contributed by atoms with E-state index in [-0.39, 0.29) is 0 Å². The van der Waals surface area contributed by atoms with E-state index >= 15 is 0 Å². The highest BCUT2D eigenvalue weighted by Crippen LogP contribution is 2.35. The van der Waals surface area contributed by atoms with Gasteiger partial charge in [0.2, 0.25) is 0 Å². The minimum Gasteiger partial charge on any atom is -0.496 e. The highest BCUT2D eigenvalue weighted by molar-refractivity contribution is 5.60. The van der Waals surface area contributed by atoms with Crippen molar-refractivity contribution in [3.8, 4) is 5.75 Å². The van der Waals surface area contributed by atoms with E-state index < -0.39 is 6.10 Å². The standard InChI is InChI=1S/C16H27NO2/c1-11(2)10-12(3)17(5)14-8-7-9-15(19-6)16(14)13(4)18/h7-9,11-13,18H,10H2,1-6H3/t12?,13-/m1/s1. The van der Waals surface area contributed by atoms with Gasteiger partial charge in [0, 0.05) is 24.3 Å². The molecule has 0 aromatic heterocycles. The maximum atomic E-state index is 10.0. The minimum atomic E-state index is -0.542. The fourth-order valence-electron chi connectivity index (χ4n) is 2.52. The zero-order valence-corrected chi connectivity index (χ0v) is 13.0. The summed E-state index contributed by atoms with van der Waals surface area (Å²) in [4.78, 5) is 2.23. The molecule has 108 valence electrons. The van der Waals surface area contributed by atoms with Crippen LogP contribution in [0.5, 0.6) is 5.75 Å². The van der Waals surface area contributed by atoms with Crippen molar-refractivity contribution < 1.29 is 9.84 Å². The monoisotopic (exact) mass is 265 g/mol. The third-order valence-electron chi connectivity index (χ3n) is 3.53. The van der Waals surface area contributed by atoms with E-state index in [1.165, 1.54) is 0 Å². The fraction of sp³-hybridized carbons (Fsp3) is 0.625. The van der Waals surface area contributed by atoms with Gasteiger partial charge >= 0.3 is 0 Å². The molecule has 19 heavy (non-hydrogen) atoms. The summed E-state index contributed by atoms with van der Waals surface area (Å²) in [5, 5.41) is 10.0. The molecule has 1 aromatic carbocycles. The SMILES string of the molecule is COc1cccc(N(C)C(C)CC(C)C)c1[C@@H](C)O. The Labute approximate surface area is 117 Å². The quantitative estimate of drug-likeness (QED) is 0.852. The molecular weight excluding hydrogens is 238 g/mol. The lowest BCUT2D eigenvalue weighted by Gasteiger charge is -2.31. The summed E-state index contributed by atoms with van der Waals surface area (Å²) in [6.07, 6.45) is 0.576. The summed E-state index contributed by atoms with van der Waals surface area (Å²) in [6, 6.07) is 6.33. The van der Waals surface area contributed by atoms with Crippen LogP contribution in [0.4, 0.5) is 5.69 Å². The van der Waals surface area contributed by atoms with Crippen LogP contribution in [0.25, 0.3) is 0 Å². The van der Waals surface area contributed by atoms with E-state index in [9.17, 15) is 5.11 Å². The topological polar surface area (TPSA) is 32.7 Å². The summed E-state index contributed by atoms with van der Waals surface area (Å²) < 4.78 is 5.37. The van der Waals surface area contributed by atoms with Crippen LogP contribution in [-0.4, -0.2) is 25.3 Å². The molecule has 0 aliphatic rings. The number of nitrogens with zero attached hydrogens (tertiary/aromatic N) is 1. The third kappa shape index (κ3) is 3.87. The molecule has 0 spiro atoms. The van der Waals surface area contributed by atoms with Gasteiger partial charge in [-0.2, -0.15) is 0 Å². The molecule has 0 aliphatic heterocycles. The predicted octanol–water partition coefficient (Wildman–Crippen LogP) is 3.62. The average Bonchev–Trinajstić information content (AvgIpc) is 2.35. The second-order valence-corrected chi connectivity index (χ2v) is 5.66. The van der Waals surface area contributed by atoms with Crippen molar-refractivity contribution in [1.82, 2.24) is 0 Å². The van der Waals surface area contributed by atoms with Gasteiger partial charge in [0.15, 0.2) is 0 Å². The first-order valence-electron chi connectivity index (χ1n) is 6.96. The molecule has 1 aromatic rings. The van der Waals surface area contributed by atoms with Crippen molar-refractivity contribution in [3.63, 3.8) is 0 Å². The first-order valence-corrected chi connectivity index (χ1v) is 6.96. The van der Waals surface area contributed by atoms with E-state index in [0.717, 1.165) is 23.4 Å². The number of aliphatic hydroxyl groups excluding tert-OH is 1. The summed E-state index contributed by atoms with van der Waals surface area (Å²) in [5.41, 5.74) is 1.91. The second kappa shape index (κ2) is 6.80. The second-order valence-electron chi connectivity index (χ2n) is 5.66. The van der Waals surface area contributed by atoms with Crippen LogP contribution < -0.4 is 9.64 Å². The first kappa shape index (κ1) is 15.8. The molecule has 1 N–H and O–H groups in total. The van der Waals surface area contributed by atoms with E-state index in [4.69, 9.17) is 4.74 Å². The highest BCUT2D eigenvalue weighted by atomic mass is 16.5. The van der Waals surface area contributed by atoms with E-state index in [1.807, 2.05) is 18.2 Å². The Balaban J connectivity index is 3.11. The molecule has 3 nitrogen and oxygen atoms in total. The minimum absolute atomic E-state index is 0.421. The number of benzene rings is 1. The zero-order valence-electron chi connectivity index (χ0n) is 13.0. The van der Waals surface area contributed by atoms with Gasteiger partial charge in [-0.15, -0.1) is 0 Å². The molecule has 0 saturated carbocycles. The van der Waals surface area contributed by atoms with Crippen LogP contribution in [0.15, 0.2) is 18.2 Å². The third-order valence-corrected chi connectivity index (χ3v) is 3.53. The molecular formula is C16H27NO2. The van der Waals surface area contributed by atoms with Crippen molar-refractivity contribution >= 4 is 5.69 Å². The summed E-state index contributed by atoms with van der Waals surface area (Å²) in [5.74, 6) is 1.40. The maximum absolute atomic E-state index is 10.0. The number of rotatable bonds is 6. The number of anilines is 1. The van der Waals surface area contributed by atoms with E-state index in [1.54, 1.807) is 14.0 Å². The number of hydrogen-bond donors (Lipinski definition) is 1. The fourth-order valence-corrected chi connectivity index (χ4v) is 2.52. The molecule has 0 aliphatic carbocycles. The van der Waals surface area contributed by atoms with Crippen LogP contribution in [0.3, 0.4) is 0 Å². The molecule has 0 saturated heterocycles. The van der Waals surface area contributed by atoms with Gasteiger partial charge in [-0.05, 0) is 38.3 Å². The largest absolute Gasteiger partial charge is 0.496 e. The Hall–Kier alpha value is -1.22. The molecule has 0 fully saturated rings. The normalized spacial score (nSPS) is 14.3. The van der Waals surface area contributed by atoms with Crippen molar-refractivity contribution in [3.05, 3.63) is 23.8 Å². The predicted molar refractivity (Wildman–Crippen MR) is 80.9 cm³/mol. The average molecular weight is 265 g/mol. The van der Waals surface area contributed by atoms with Gasteiger partial charge in [-0.1, -0.05) is 19.9 Å². The summed E-state index contributed by atoms with van der Waals surface area (Å²) >= 11 is 0. The van der Waals surface area contributed by atoms with Gasteiger partial charge < -0.3 is 14.7 Å². The van der Waals surface area contributed by atoms with Crippen LogP contribution in [0.1, 0.15) is 45.8 Å². The first-order chi connectivity index (χ1) is 8.88. The molecule has 3 heteroatoms. The van der Waals surface area contributed by atoms with Crippen molar-refractivity contribution in [2.45, 2.75) is 46.3 Å². The zero-order chi connectivity index (χ0) is 14.6. The van der Waals surface area contributed by atoms with Crippen LogP contribution in [0, 0.1) is 5.92 Å². The maximum Gasteiger partial charge on any atom is 0.126 e. The number of aliphatic hydroxyl groups is 1. The van der Waals surface area contributed by atoms with E-state index in [0.29, 0.717) is 12.0 Å². The Morgan fingerprint density at radius 1 is 1.21 bits per heavy atom. The van der Waals surface area contributed by atoms with Crippen LogP contribution in [-0.2, 0) is 0 Å². The van der Waals surface area contributed by atoms with Gasteiger partial charge in [-0.25, -0.2) is 0 Å². The Morgan fingerprint density at radius 2 is 1.84 bits per heavy atom. The highest BCUT2D eigenvalue weighted by Gasteiger charge is 2.20. The molecule has 0 amide bonds. The van der Waals surface area contributed by atoms with Crippen LogP contribution >= 0.6 is 0 Å². The Morgan fingerprint density at radius 3 is 2.32 bits per heavy atom. The van der Waals surface area contributed by atoms with Crippen molar-refractivity contribution in [1.29, 1.82) is 0 Å². The molecule has 0 heterocycles. The summed E-state index contributed by atoms with van der Waals surface area (Å²) in [6.45, 7) is 8.45. The van der Waals surface area contributed by atoms with Crippen molar-refractivity contribution in [2.75, 3.05) is 19.1 Å². The number of ether oxygens (including phenoxy) is 1. The van der Waals surface area contributed by atoms with Gasteiger partial charge in [0.05, 0.1) is 13.2 Å². The molecule has 0 radical (unpaired) electrons. The smallest absolute Gasteiger partial charge is 0.126 e. The van der Waals surface area contributed by atoms with Gasteiger partial charge in [0.25, 0.3) is 0 Å². The summed E-state index contributed by atoms with van der Waals surface area (Å²) in [7, 11) is 3.72. The molecule has 2 atom stereocenters. The lowest BCUT2D eigenvalue weighted by molar-refractivity contribution is 0.194. The lowest BCUT2D eigenvalue weighted by atomic mass is 10.0. The molecule has 1 rings (SSSR count). The Kier molecular flexibility index (Phi) is 5.67. The van der Waals surface area contributed by atoms with Crippen molar-refractivity contribution in [2.24, 2.45) is 5.92 Å². The number of methoxy groups -OCH3 is 1. The molecule has 0 bridgehead atoms. The van der Waals surface area contributed by atoms with Gasteiger partial charge in [-0.3, -0.25) is 0 Å². The van der Waals surface area contributed by atoms with Gasteiger partial charge in [0.1, 0.15) is 5.75 Å². The van der Waals surface area contributed by atoms with Crippen LogP contribution in [0.2, 0.25) is 0 Å². The lowest BCUT2D eigenvalue weighted by Crippen LogP contribution is -2.31.